The molecule has 0 spiro atoms. The van der Waals surface area contributed by atoms with Gasteiger partial charge in [-0.15, -0.1) is 11.3 Å². The van der Waals surface area contributed by atoms with Gasteiger partial charge in [0.2, 0.25) is 5.91 Å². The number of hydrogen-bond donors (Lipinski definition) is 1. The average molecular weight is 462 g/mol. The van der Waals surface area contributed by atoms with Crippen molar-refractivity contribution in [3.8, 4) is 0 Å². The van der Waals surface area contributed by atoms with Gasteiger partial charge >= 0.3 is 0 Å². The predicted octanol–water partition coefficient (Wildman–Crippen LogP) is 1.42. The maximum atomic E-state index is 13.3. The molecule has 3 heterocycles. The molecule has 0 aliphatic carbocycles. The number of thiophene rings is 1. The quantitative estimate of drug-likeness (QED) is 0.703. The maximum absolute atomic E-state index is 13.3. The van der Waals surface area contributed by atoms with Crippen LogP contribution in [0.5, 0.6) is 0 Å². The Kier molecular flexibility index (Phi) is 6.74. The van der Waals surface area contributed by atoms with Gasteiger partial charge in [0.1, 0.15) is 6.04 Å². The van der Waals surface area contributed by atoms with Crippen LogP contribution < -0.4 is 5.32 Å². The Labute approximate surface area is 187 Å². The van der Waals surface area contributed by atoms with Crippen molar-refractivity contribution < 1.29 is 18.0 Å². The van der Waals surface area contributed by atoms with E-state index in [1.807, 2.05) is 41.8 Å². The lowest BCUT2D eigenvalue weighted by Crippen LogP contribution is -2.57. The van der Waals surface area contributed by atoms with Gasteiger partial charge < -0.3 is 10.2 Å². The van der Waals surface area contributed by atoms with Crippen molar-refractivity contribution in [2.75, 3.05) is 37.7 Å². The van der Waals surface area contributed by atoms with E-state index in [1.165, 1.54) is 11.3 Å². The van der Waals surface area contributed by atoms with Crippen LogP contribution >= 0.6 is 11.3 Å². The van der Waals surface area contributed by atoms with E-state index in [4.69, 9.17) is 0 Å². The molecule has 2 aromatic rings. The highest BCUT2D eigenvalue weighted by Crippen LogP contribution is 2.20. The molecule has 166 valence electrons. The van der Waals surface area contributed by atoms with E-state index < -0.39 is 15.9 Å². The minimum Gasteiger partial charge on any atom is -0.339 e. The van der Waals surface area contributed by atoms with Crippen molar-refractivity contribution in [2.24, 2.45) is 0 Å². The number of carbonyl (C=O) groups is 2. The normalized spacial score (nSPS) is 22.2. The largest absolute Gasteiger partial charge is 0.339 e. The molecule has 2 atom stereocenters. The van der Waals surface area contributed by atoms with Crippen LogP contribution in [0.1, 0.15) is 21.7 Å². The number of nitrogens with zero attached hydrogens (tertiary/aromatic N) is 2. The SMILES string of the molecule is O=C(N[C@@H](Cc1ccccc1)C(=O)N1CCN([C@@H]2CCS(=O)(=O)C2)CC1)c1cccs1. The molecule has 0 unspecified atom stereocenters. The highest BCUT2D eigenvalue weighted by atomic mass is 32.2. The molecular formula is C22H27N3O4S2. The third-order valence-electron chi connectivity index (χ3n) is 5.98. The molecule has 2 aliphatic heterocycles. The third-order valence-corrected chi connectivity index (χ3v) is 8.60. The fourth-order valence-electron chi connectivity index (χ4n) is 4.28. The molecule has 2 fully saturated rings. The Morgan fingerprint density at radius 2 is 1.81 bits per heavy atom. The zero-order valence-electron chi connectivity index (χ0n) is 17.3. The van der Waals surface area contributed by atoms with Gasteiger partial charge in [-0.25, -0.2) is 8.42 Å². The fourth-order valence-corrected chi connectivity index (χ4v) is 6.67. The summed E-state index contributed by atoms with van der Waals surface area (Å²) in [6.45, 7) is 2.39. The molecule has 0 radical (unpaired) electrons. The van der Waals surface area contributed by atoms with Gasteiger partial charge in [-0.1, -0.05) is 36.4 Å². The summed E-state index contributed by atoms with van der Waals surface area (Å²) >= 11 is 1.35. The lowest BCUT2D eigenvalue weighted by molar-refractivity contribution is -0.135. The van der Waals surface area contributed by atoms with Crippen LogP contribution in [0.2, 0.25) is 0 Å². The summed E-state index contributed by atoms with van der Waals surface area (Å²) in [6, 6.07) is 12.7. The number of amides is 2. The summed E-state index contributed by atoms with van der Waals surface area (Å²) in [6.07, 6.45) is 1.10. The van der Waals surface area contributed by atoms with Crippen LogP contribution in [0, 0.1) is 0 Å². The van der Waals surface area contributed by atoms with Crippen molar-refractivity contribution in [3.05, 3.63) is 58.3 Å². The number of rotatable bonds is 6. The smallest absolute Gasteiger partial charge is 0.262 e. The van der Waals surface area contributed by atoms with E-state index in [1.54, 1.807) is 11.0 Å². The highest BCUT2D eigenvalue weighted by Gasteiger charge is 2.35. The molecule has 4 rings (SSSR count). The van der Waals surface area contributed by atoms with Gasteiger partial charge in [0.15, 0.2) is 9.84 Å². The summed E-state index contributed by atoms with van der Waals surface area (Å²) in [4.78, 5) is 30.5. The minimum atomic E-state index is -2.93. The van der Waals surface area contributed by atoms with Gasteiger partial charge in [-0.05, 0) is 23.4 Å². The monoisotopic (exact) mass is 461 g/mol. The Morgan fingerprint density at radius 1 is 1.06 bits per heavy atom. The average Bonchev–Trinajstić information content (AvgIpc) is 3.43. The minimum absolute atomic E-state index is 0.0564. The summed E-state index contributed by atoms with van der Waals surface area (Å²) in [5.74, 6) is 0.144. The second-order valence-corrected chi connectivity index (χ2v) is 11.3. The summed E-state index contributed by atoms with van der Waals surface area (Å²) in [7, 11) is -2.93. The second-order valence-electron chi connectivity index (χ2n) is 8.11. The Bertz CT molecular complexity index is 1000. The molecular weight excluding hydrogens is 434 g/mol. The molecule has 0 bridgehead atoms. The van der Waals surface area contributed by atoms with Crippen molar-refractivity contribution in [2.45, 2.75) is 24.9 Å². The zero-order chi connectivity index (χ0) is 21.8. The van der Waals surface area contributed by atoms with E-state index in [0.717, 1.165) is 5.56 Å². The van der Waals surface area contributed by atoms with Crippen LogP contribution in [-0.2, 0) is 21.1 Å². The molecule has 2 aliphatic rings. The van der Waals surface area contributed by atoms with Crippen LogP contribution in [-0.4, -0.2) is 79.8 Å². The molecule has 2 saturated heterocycles. The van der Waals surface area contributed by atoms with E-state index in [-0.39, 0.29) is 29.4 Å². The maximum Gasteiger partial charge on any atom is 0.262 e. The zero-order valence-corrected chi connectivity index (χ0v) is 18.9. The topological polar surface area (TPSA) is 86.8 Å². The number of piperazine rings is 1. The van der Waals surface area contributed by atoms with Crippen molar-refractivity contribution in [1.29, 1.82) is 0 Å². The molecule has 2 amide bonds. The van der Waals surface area contributed by atoms with Crippen LogP contribution in [0.25, 0.3) is 0 Å². The van der Waals surface area contributed by atoms with Crippen molar-refractivity contribution in [3.63, 3.8) is 0 Å². The summed E-state index contributed by atoms with van der Waals surface area (Å²) in [5, 5.41) is 4.77. The molecule has 1 N–H and O–H groups in total. The first kappa shape index (κ1) is 22.0. The van der Waals surface area contributed by atoms with Gasteiger partial charge in [-0.2, -0.15) is 0 Å². The molecule has 0 saturated carbocycles. The van der Waals surface area contributed by atoms with Gasteiger partial charge in [0.05, 0.1) is 16.4 Å². The molecule has 7 nitrogen and oxygen atoms in total. The second kappa shape index (κ2) is 9.50. The number of sulfone groups is 1. The summed E-state index contributed by atoms with van der Waals surface area (Å²) < 4.78 is 23.6. The lowest BCUT2D eigenvalue weighted by atomic mass is 10.0. The van der Waals surface area contributed by atoms with Gasteiger partial charge in [-0.3, -0.25) is 14.5 Å². The van der Waals surface area contributed by atoms with Crippen LogP contribution in [0.4, 0.5) is 0 Å². The van der Waals surface area contributed by atoms with Crippen LogP contribution in [0.15, 0.2) is 47.8 Å². The third kappa shape index (κ3) is 5.53. The molecule has 1 aromatic heterocycles. The fraction of sp³-hybridized carbons (Fsp3) is 0.455. The predicted molar refractivity (Wildman–Crippen MR) is 121 cm³/mol. The number of hydrogen-bond acceptors (Lipinski definition) is 6. The Morgan fingerprint density at radius 3 is 2.42 bits per heavy atom. The van der Waals surface area contributed by atoms with E-state index in [0.29, 0.717) is 43.9 Å². The lowest BCUT2D eigenvalue weighted by Gasteiger charge is -2.39. The number of carbonyl (C=O) groups excluding carboxylic acids is 2. The molecule has 1 aromatic carbocycles. The number of benzene rings is 1. The first-order valence-electron chi connectivity index (χ1n) is 10.5. The summed E-state index contributed by atoms with van der Waals surface area (Å²) in [5.41, 5.74) is 0.988. The standard InChI is InChI=1S/C22H27N3O4S2/c26-21(20-7-4-13-30-20)23-19(15-17-5-2-1-3-6-17)22(27)25-11-9-24(10-12-25)18-8-14-31(28,29)16-18/h1-7,13,18-19H,8-12,14-16H2,(H,23,26)/t18-,19+/m1/s1. The van der Waals surface area contributed by atoms with E-state index in [2.05, 4.69) is 10.2 Å². The van der Waals surface area contributed by atoms with Crippen LogP contribution in [0.3, 0.4) is 0 Å². The first-order chi connectivity index (χ1) is 14.9. The Hall–Kier alpha value is -2.23. The highest BCUT2D eigenvalue weighted by molar-refractivity contribution is 7.91. The van der Waals surface area contributed by atoms with Gasteiger partial charge in [0, 0.05) is 38.6 Å². The Balaban J connectivity index is 1.41. The van der Waals surface area contributed by atoms with E-state index >= 15 is 0 Å². The van der Waals surface area contributed by atoms with Crippen molar-refractivity contribution >= 4 is 33.0 Å². The van der Waals surface area contributed by atoms with E-state index in [9.17, 15) is 18.0 Å². The van der Waals surface area contributed by atoms with Gasteiger partial charge in [0.25, 0.3) is 5.91 Å². The first-order valence-corrected chi connectivity index (χ1v) is 13.2. The number of nitrogens with one attached hydrogen (secondary N) is 1. The molecule has 9 heteroatoms. The molecule has 31 heavy (non-hydrogen) atoms. The van der Waals surface area contributed by atoms with Crippen molar-refractivity contribution in [1.82, 2.24) is 15.1 Å².